The van der Waals surface area contributed by atoms with Crippen LogP contribution in [0.1, 0.15) is 34.8 Å². The molecule has 0 fully saturated rings. The van der Waals surface area contributed by atoms with Gasteiger partial charge in [-0.15, -0.1) is 11.8 Å². The van der Waals surface area contributed by atoms with Crippen molar-refractivity contribution in [3.8, 4) is 0 Å². The van der Waals surface area contributed by atoms with Crippen molar-refractivity contribution >= 4 is 41.1 Å². The van der Waals surface area contributed by atoms with E-state index in [9.17, 15) is 9.59 Å². The molecule has 0 saturated heterocycles. The molecule has 2 aromatic rings. The number of fused-ring (bicyclic) bond motifs is 1. The van der Waals surface area contributed by atoms with Crippen molar-refractivity contribution in [3.63, 3.8) is 0 Å². The van der Waals surface area contributed by atoms with Crippen molar-refractivity contribution in [3.05, 3.63) is 94.4 Å². The summed E-state index contributed by atoms with van der Waals surface area (Å²) in [6, 6.07) is 15.8. The van der Waals surface area contributed by atoms with Gasteiger partial charge in [0.25, 0.3) is 11.8 Å². The summed E-state index contributed by atoms with van der Waals surface area (Å²) in [7, 11) is 0. The molecule has 1 aliphatic carbocycles. The van der Waals surface area contributed by atoms with Crippen LogP contribution in [-0.2, 0) is 4.79 Å². The molecule has 6 heteroatoms. The highest BCUT2D eigenvalue weighted by Crippen LogP contribution is 2.32. The molecule has 4 rings (SSSR count). The summed E-state index contributed by atoms with van der Waals surface area (Å²) in [5.41, 5.74) is 4.73. The van der Waals surface area contributed by atoms with Gasteiger partial charge in [-0.2, -0.15) is 0 Å². The van der Waals surface area contributed by atoms with Gasteiger partial charge in [0, 0.05) is 30.9 Å². The number of nitrogens with one attached hydrogen (secondary N) is 1. The Labute approximate surface area is 205 Å². The summed E-state index contributed by atoms with van der Waals surface area (Å²) in [5.74, 6) is -0.306. The fraction of sp³-hybridized carbons (Fsp3) is 0.250. The number of anilines is 1. The molecular formula is C28H29N3O2S. The molecule has 1 aliphatic heterocycles. The van der Waals surface area contributed by atoms with Gasteiger partial charge in [0.05, 0.1) is 15.9 Å². The van der Waals surface area contributed by atoms with Gasteiger partial charge in [-0.25, -0.2) is 4.99 Å². The SMILES string of the molecule is CCN(CCCNC(=O)c1ccc(/C=C2/SC3C=CC=CC3=NC2=O)cc1)c1cccc(C)c1. The van der Waals surface area contributed by atoms with Gasteiger partial charge in [-0.05, 0) is 67.8 Å². The second kappa shape index (κ2) is 11.2. The van der Waals surface area contributed by atoms with E-state index in [0.29, 0.717) is 17.0 Å². The number of rotatable bonds is 8. The number of benzene rings is 2. The molecule has 0 radical (unpaired) electrons. The molecule has 2 aromatic carbocycles. The average Bonchev–Trinajstić information content (AvgIpc) is 2.85. The summed E-state index contributed by atoms with van der Waals surface area (Å²) < 4.78 is 0. The first-order chi connectivity index (χ1) is 16.5. The fourth-order valence-electron chi connectivity index (χ4n) is 3.92. The Balaban J connectivity index is 1.29. The summed E-state index contributed by atoms with van der Waals surface area (Å²) >= 11 is 1.51. The first kappa shape index (κ1) is 23.8. The van der Waals surface area contributed by atoms with Crippen LogP contribution in [0.2, 0.25) is 0 Å². The lowest BCUT2D eigenvalue weighted by molar-refractivity contribution is -0.113. The van der Waals surface area contributed by atoms with Crippen LogP contribution in [0.5, 0.6) is 0 Å². The van der Waals surface area contributed by atoms with Gasteiger partial charge in [-0.3, -0.25) is 9.59 Å². The molecule has 0 saturated carbocycles. The summed E-state index contributed by atoms with van der Waals surface area (Å²) in [6.07, 6.45) is 10.5. The van der Waals surface area contributed by atoms with Gasteiger partial charge in [0.15, 0.2) is 0 Å². The number of allylic oxidation sites excluding steroid dienone is 3. The van der Waals surface area contributed by atoms with Gasteiger partial charge in [0.1, 0.15) is 0 Å². The van der Waals surface area contributed by atoms with Crippen molar-refractivity contribution in [2.24, 2.45) is 4.99 Å². The third-order valence-corrected chi connectivity index (χ3v) is 6.96. The van der Waals surface area contributed by atoms with Crippen LogP contribution in [-0.4, -0.2) is 42.4 Å². The summed E-state index contributed by atoms with van der Waals surface area (Å²) in [6.45, 7) is 6.66. The number of carbonyl (C=O) groups excluding carboxylic acids is 2. The van der Waals surface area contributed by atoms with Gasteiger partial charge < -0.3 is 10.2 Å². The lowest BCUT2D eigenvalue weighted by Gasteiger charge is -2.23. The molecule has 174 valence electrons. The number of hydrogen-bond donors (Lipinski definition) is 1. The second-order valence-corrected chi connectivity index (χ2v) is 9.47. The van der Waals surface area contributed by atoms with Crippen molar-refractivity contribution in [1.29, 1.82) is 0 Å². The van der Waals surface area contributed by atoms with Gasteiger partial charge >= 0.3 is 0 Å². The Morgan fingerprint density at radius 1 is 1.18 bits per heavy atom. The molecule has 1 unspecified atom stereocenters. The Morgan fingerprint density at radius 2 is 2.00 bits per heavy atom. The Morgan fingerprint density at radius 3 is 2.76 bits per heavy atom. The van der Waals surface area contributed by atoms with E-state index in [4.69, 9.17) is 0 Å². The first-order valence-electron chi connectivity index (χ1n) is 11.6. The highest BCUT2D eigenvalue weighted by atomic mass is 32.2. The zero-order valence-electron chi connectivity index (χ0n) is 19.5. The molecular weight excluding hydrogens is 442 g/mol. The molecule has 1 atom stereocenters. The molecule has 2 amide bonds. The number of carbonyl (C=O) groups is 2. The third kappa shape index (κ3) is 5.94. The minimum atomic E-state index is -0.218. The van der Waals surface area contributed by atoms with E-state index in [1.165, 1.54) is 23.0 Å². The van der Waals surface area contributed by atoms with Crippen LogP contribution in [0, 0.1) is 6.92 Å². The zero-order chi connectivity index (χ0) is 23.9. The largest absolute Gasteiger partial charge is 0.372 e. The van der Waals surface area contributed by atoms with E-state index >= 15 is 0 Å². The predicted molar refractivity (Wildman–Crippen MR) is 143 cm³/mol. The van der Waals surface area contributed by atoms with E-state index in [-0.39, 0.29) is 17.1 Å². The molecule has 34 heavy (non-hydrogen) atoms. The molecule has 2 aliphatic rings. The molecule has 0 aromatic heterocycles. The molecule has 1 heterocycles. The van der Waals surface area contributed by atoms with Crippen molar-refractivity contribution in [2.45, 2.75) is 25.5 Å². The number of amides is 2. The molecule has 0 spiro atoms. The number of hydrogen-bond acceptors (Lipinski definition) is 4. The maximum absolute atomic E-state index is 12.6. The van der Waals surface area contributed by atoms with Gasteiger partial charge in [-0.1, -0.05) is 42.5 Å². The van der Waals surface area contributed by atoms with E-state index < -0.39 is 0 Å². The molecule has 1 N–H and O–H groups in total. The van der Waals surface area contributed by atoms with Crippen LogP contribution in [0.15, 0.2) is 82.7 Å². The summed E-state index contributed by atoms with van der Waals surface area (Å²) in [5, 5.41) is 3.09. The monoisotopic (exact) mass is 471 g/mol. The third-order valence-electron chi connectivity index (χ3n) is 5.76. The maximum Gasteiger partial charge on any atom is 0.283 e. The predicted octanol–water partition coefficient (Wildman–Crippen LogP) is 5.19. The normalized spacial score (nSPS) is 17.9. The Hall–Kier alpha value is -3.38. The summed E-state index contributed by atoms with van der Waals surface area (Å²) in [4.78, 5) is 32.0. The van der Waals surface area contributed by atoms with E-state index in [1.807, 2.05) is 42.5 Å². The van der Waals surface area contributed by atoms with Crippen LogP contribution in [0.25, 0.3) is 6.08 Å². The lowest BCUT2D eigenvalue weighted by atomic mass is 10.1. The topological polar surface area (TPSA) is 61.8 Å². The van der Waals surface area contributed by atoms with E-state index in [0.717, 1.165) is 30.8 Å². The van der Waals surface area contributed by atoms with Gasteiger partial charge in [0.2, 0.25) is 0 Å². The Kier molecular flexibility index (Phi) is 7.80. The first-order valence-corrected chi connectivity index (χ1v) is 12.5. The smallest absolute Gasteiger partial charge is 0.283 e. The fourth-order valence-corrected chi connectivity index (χ4v) is 4.96. The number of nitrogens with zero attached hydrogens (tertiary/aromatic N) is 2. The standard InChI is InChI=1S/C28H29N3O2S/c1-3-31(23-9-6-8-20(2)18-23)17-7-16-29-27(32)22-14-12-21(13-15-22)19-26-28(33)30-24-10-4-5-11-25(24)34-26/h4-6,8-15,18-19,25H,3,7,16-17H2,1-2H3,(H,29,32)/b26-19+. The van der Waals surface area contributed by atoms with E-state index in [2.05, 4.69) is 53.3 Å². The average molecular weight is 472 g/mol. The Bertz CT molecular complexity index is 1180. The molecule has 0 bridgehead atoms. The van der Waals surface area contributed by atoms with Crippen LogP contribution < -0.4 is 10.2 Å². The molecule has 5 nitrogen and oxygen atoms in total. The highest BCUT2D eigenvalue weighted by molar-refractivity contribution is 8.05. The minimum absolute atomic E-state index is 0.0774. The van der Waals surface area contributed by atoms with Crippen LogP contribution in [0.4, 0.5) is 5.69 Å². The van der Waals surface area contributed by atoms with Crippen molar-refractivity contribution < 1.29 is 9.59 Å². The quantitative estimate of drug-likeness (QED) is 0.425. The maximum atomic E-state index is 12.6. The van der Waals surface area contributed by atoms with E-state index in [1.54, 1.807) is 12.1 Å². The minimum Gasteiger partial charge on any atom is -0.372 e. The number of thioether (sulfide) groups is 1. The van der Waals surface area contributed by atoms with Crippen molar-refractivity contribution in [2.75, 3.05) is 24.5 Å². The van der Waals surface area contributed by atoms with Crippen LogP contribution in [0.3, 0.4) is 0 Å². The van der Waals surface area contributed by atoms with Crippen LogP contribution >= 0.6 is 11.8 Å². The second-order valence-electron chi connectivity index (χ2n) is 8.28. The number of aliphatic imine (C=N–C) groups is 1. The lowest BCUT2D eigenvalue weighted by Crippen LogP contribution is -2.30. The highest BCUT2D eigenvalue weighted by Gasteiger charge is 2.25. The number of aryl methyl sites for hydroxylation is 1. The zero-order valence-corrected chi connectivity index (χ0v) is 20.3. The van der Waals surface area contributed by atoms with Crippen molar-refractivity contribution in [1.82, 2.24) is 5.32 Å².